The number of nitrogens with one attached hydrogen (secondary N) is 1. The first-order chi connectivity index (χ1) is 14.7. The Morgan fingerprint density at radius 2 is 1.90 bits per heavy atom. The molecule has 1 aliphatic heterocycles. The Morgan fingerprint density at radius 3 is 2.58 bits per heavy atom. The number of likely N-dealkylation sites (N-methyl/N-ethyl adjacent to an activating group) is 1. The lowest BCUT2D eigenvalue weighted by Gasteiger charge is -2.26. The van der Waals surface area contributed by atoms with Gasteiger partial charge in [-0.3, -0.25) is 9.69 Å². The van der Waals surface area contributed by atoms with Crippen LogP contribution in [0.5, 0.6) is 0 Å². The number of hydrogen-bond acceptors (Lipinski definition) is 4. The molecule has 1 aliphatic rings. The zero-order chi connectivity index (χ0) is 22.6. The number of amides is 1. The van der Waals surface area contributed by atoms with Gasteiger partial charge in [0.15, 0.2) is 0 Å². The highest BCUT2D eigenvalue weighted by Gasteiger charge is 2.26. The van der Waals surface area contributed by atoms with Gasteiger partial charge in [-0.1, -0.05) is 30.2 Å². The number of nitrogens with zero attached hydrogens (tertiary/aromatic N) is 2. The van der Waals surface area contributed by atoms with Gasteiger partial charge in [-0.2, -0.15) is 4.31 Å². The second-order valence-electron chi connectivity index (χ2n) is 7.86. The fraction of sp³-hybridized carbons (Fsp3) is 0.409. The van der Waals surface area contributed by atoms with Gasteiger partial charge < -0.3 is 5.32 Å². The normalized spacial score (nSPS) is 15.3. The molecule has 0 aliphatic carbocycles. The highest BCUT2D eigenvalue weighted by molar-refractivity contribution is 7.89. The highest BCUT2D eigenvalue weighted by atomic mass is 35.5. The smallest absolute Gasteiger partial charge is 0.243 e. The SMILES string of the molecule is Cc1ccc(S(=O)(=O)N2CCCCC2)cc1NC(=O)CN(C)Cc1c(F)cccc1Cl. The van der Waals surface area contributed by atoms with Crippen molar-refractivity contribution in [1.29, 1.82) is 0 Å². The summed E-state index contributed by atoms with van der Waals surface area (Å²) in [4.78, 5) is 14.4. The number of piperidine rings is 1. The number of benzene rings is 2. The molecule has 1 heterocycles. The van der Waals surface area contributed by atoms with Crippen molar-refractivity contribution in [3.05, 3.63) is 58.4 Å². The number of carbonyl (C=O) groups is 1. The number of halogens is 2. The number of carbonyl (C=O) groups excluding carboxylic acids is 1. The molecule has 9 heteroatoms. The zero-order valence-corrected chi connectivity index (χ0v) is 19.3. The van der Waals surface area contributed by atoms with Crippen LogP contribution in [0.15, 0.2) is 41.3 Å². The fourth-order valence-electron chi connectivity index (χ4n) is 3.59. The summed E-state index contributed by atoms with van der Waals surface area (Å²) in [6.07, 6.45) is 2.74. The number of sulfonamides is 1. The Kier molecular flexibility index (Phi) is 7.69. The second kappa shape index (κ2) is 10.1. The molecule has 0 spiro atoms. The number of anilines is 1. The molecule has 0 unspecified atom stereocenters. The van der Waals surface area contributed by atoms with Crippen LogP contribution < -0.4 is 5.32 Å². The van der Waals surface area contributed by atoms with Gasteiger partial charge in [-0.15, -0.1) is 0 Å². The molecule has 0 aromatic heterocycles. The van der Waals surface area contributed by atoms with Crippen molar-refractivity contribution < 1.29 is 17.6 Å². The molecule has 1 amide bonds. The number of hydrogen-bond donors (Lipinski definition) is 1. The minimum absolute atomic E-state index is 0.00674. The highest BCUT2D eigenvalue weighted by Crippen LogP contribution is 2.25. The van der Waals surface area contributed by atoms with Crippen LogP contribution in [-0.4, -0.2) is 50.2 Å². The third-order valence-corrected chi connectivity index (χ3v) is 7.59. The molecule has 1 N–H and O–H groups in total. The van der Waals surface area contributed by atoms with E-state index in [1.54, 1.807) is 37.1 Å². The standard InChI is InChI=1S/C22H27ClFN3O3S/c1-16-9-10-17(31(29,30)27-11-4-3-5-12-27)13-21(16)25-22(28)15-26(2)14-18-19(23)7-6-8-20(18)24/h6-10,13H,3-5,11-12,14-15H2,1-2H3,(H,25,28). The van der Waals surface area contributed by atoms with E-state index in [2.05, 4.69) is 5.32 Å². The van der Waals surface area contributed by atoms with E-state index in [0.717, 1.165) is 24.8 Å². The quantitative estimate of drug-likeness (QED) is 0.667. The Hall–Kier alpha value is -2.00. The van der Waals surface area contributed by atoms with Crippen molar-refractivity contribution in [1.82, 2.24) is 9.21 Å². The maximum absolute atomic E-state index is 14.0. The van der Waals surface area contributed by atoms with E-state index in [-0.39, 0.29) is 23.9 Å². The lowest BCUT2D eigenvalue weighted by molar-refractivity contribution is -0.117. The van der Waals surface area contributed by atoms with Gasteiger partial charge in [-0.25, -0.2) is 12.8 Å². The average molecular weight is 468 g/mol. The number of aryl methyl sites for hydroxylation is 1. The third kappa shape index (κ3) is 5.83. The first kappa shape index (κ1) is 23.7. The molecule has 0 radical (unpaired) electrons. The van der Waals surface area contributed by atoms with E-state index in [9.17, 15) is 17.6 Å². The summed E-state index contributed by atoms with van der Waals surface area (Å²) in [7, 11) is -1.91. The van der Waals surface area contributed by atoms with Gasteiger partial charge in [0.1, 0.15) is 5.82 Å². The maximum atomic E-state index is 14.0. The summed E-state index contributed by atoms with van der Waals surface area (Å²) in [6, 6.07) is 9.22. The largest absolute Gasteiger partial charge is 0.325 e. The molecule has 0 atom stereocenters. The molecular weight excluding hydrogens is 441 g/mol. The van der Waals surface area contributed by atoms with Crippen LogP contribution in [-0.2, 0) is 21.4 Å². The first-order valence-electron chi connectivity index (χ1n) is 10.2. The van der Waals surface area contributed by atoms with Gasteiger partial charge in [0.05, 0.1) is 11.4 Å². The molecule has 6 nitrogen and oxygen atoms in total. The van der Waals surface area contributed by atoms with Crippen molar-refractivity contribution in [2.45, 2.75) is 37.6 Å². The molecule has 2 aromatic rings. The Labute approximate surface area is 188 Å². The van der Waals surface area contributed by atoms with E-state index >= 15 is 0 Å². The molecule has 31 heavy (non-hydrogen) atoms. The predicted molar refractivity (Wildman–Crippen MR) is 120 cm³/mol. The first-order valence-corrected chi connectivity index (χ1v) is 12.0. The van der Waals surface area contributed by atoms with Crippen molar-refractivity contribution in [2.75, 3.05) is 32.0 Å². The third-order valence-electron chi connectivity index (χ3n) is 5.34. The minimum atomic E-state index is -3.60. The fourth-order valence-corrected chi connectivity index (χ4v) is 5.36. The van der Waals surface area contributed by atoms with Gasteiger partial charge in [0.25, 0.3) is 0 Å². The van der Waals surface area contributed by atoms with Crippen LogP contribution in [0.1, 0.15) is 30.4 Å². The Morgan fingerprint density at radius 1 is 1.19 bits per heavy atom. The van der Waals surface area contributed by atoms with Crippen LogP contribution in [0.3, 0.4) is 0 Å². The average Bonchev–Trinajstić information content (AvgIpc) is 2.73. The van der Waals surface area contributed by atoms with Gasteiger partial charge in [0.2, 0.25) is 15.9 Å². The Balaban J connectivity index is 1.69. The van der Waals surface area contributed by atoms with Crippen LogP contribution in [0.2, 0.25) is 5.02 Å². The topological polar surface area (TPSA) is 69.7 Å². The van der Waals surface area contributed by atoms with E-state index in [1.165, 1.54) is 22.5 Å². The molecule has 0 saturated carbocycles. The van der Waals surface area contributed by atoms with Crippen LogP contribution in [0.4, 0.5) is 10.1 Å². The summed E-state index contributed by atoms with van der Waals surface area (Å²) in [5.41, 5.74) is 1.52. The van der Waals surface area contributed by atoms with Crippen molar-refractivity contribution in [3.63, 3.8) is 0 Å². The predicted octanol–water partition coefficient (Wildman–Crippen LogP) is 4.03. The lowest BCUT2D eigenvalue weighted by atomic mass is 10.2. The van der Waals surface area contributed by atoms with E-state index in [4.69, 9.17) is 11.6 Å². The van der Waals surface area contributed by atoms with Crippen molar-refractivity contribution in [3.8, 4) is 0 Å². The summed E-state index contributed by atoms with van der Waals surface area (Å²) in [6.45, 7) is 2.99. The molecule has 2 aromatic carbocycles. The summed E-state index contributed by atoms with van der Waals surface area (Å²) < 4.78 is 41.4. The van der Waals surface area contributed by atoms with Crippen molar-refractivity contribution >= 4 is 33.2 Å². The van der Waals surface area contributed by atoms with Gasteiger partial charge >= 0.3 is 0 Å². The maximum Gasteiger partial charge on any atom is 0.243 e. The molecule has 1 saturated heterocycles. The summed E-state index contributed by atoms with van der Waals surface area (Å²) in [5.74, 6) is -0.753. The summed E-state index contributed by atoms with van der Waals surface area (Å²) in [5, 5.41) is 3.09. The molecule has 0 bridgehead atoms. The van der Waals surface area contributed by atoms with E-state index in [1.807, 2.05) is 0 Å². The molecule has 168 valence electrons. The Bertz CT molecular complexity index is 1040. The lowest BCUT2D eigenvalue weighted by Crippen LogP contribution is -2.35. The number of rotatable bonds is 7. The second-order valence-corrected chi connectivity index (χ2v) is 10.2. The van der Waals surface area contributed by atoms with Crippen LogP contribution in [0.25, 0.3) is 0 Å². The van der Waals surface area contributed by atoms with Crippen LogP contribution >= 0.6 is 11.6 Å². The zero-order valence-electron chi connectivity index (χ0n) is 17.7. The van der Waals surface area contributed by atoms with E-state index < -0.39 is 15.8 Å². The molecule has 1 fully saturated rings. The van der Waals surface area contributed by atoms with Crippen molar-refractivity contribution in [2.24, 2.45) is 0 Å². The molecular formula is C22H27ClFN3O3S. The minimum Gasteiger partial charge on any atom is -0.325 e. The molecule has 3 rings (SSSR count). The van der Waals surface area contributed by atoms with Gasteiger partial charge in [-0.05, 0) is 56.6 Å². The van der Waals surface area contributed by atoms with E-state index in [0.29, 0.717) is 29.4 Å². The van der Waals surface area contributed by atoms with Crippen LogP contribution in [0, 0.1) is 12.7 Å². The summed E-state index contributed by atoms with van der Waals surface area (Å²) >= 11 is 6.06. The van der Waals surface area contributed by atoms with Gasteiger partial charge in [0, 0.05) is 35.9 Å². The monoisotopic (exact) mass is 467 g/mol.